The standard InChI is InChI=1S/C19H24N6O2/c1-6-25-17(26)15-16(24(5)19(25)27)21-18(23(15)4)22-20-11-13-7-9-14(10-8-13)12(2)3/h7-12H,6H2,1-5H3,(H,21,22)/b20-11+. The molecule has 0 amide bonds. The molecule has 0 bridgehead atoms. The highest BCUT2D eigenvalue weighted by Crippen LogP contribution is 2.15. The number of aromatic nitrogens is 4. The van der Waals surface area contributed by atoms with Crippen molar-refractivity contribution < 1.29 is 0 Å². The van der Waals surface area contributed by atoms with Crippen molar-refractivity contribution in [3.63, 3.8) is 0 Å². The molecule has 0 saturated heterocycles. The van der Waals surface area contributed by atoms with Gasteiger partial charge in [0.2, 0.25) is 5.95 Å². The number of imidazole rings is 1. The average Bonchev–Trinajstić information content (AvgIpc) is 2.98. The van der Waals surface area contributed by atoms with Crippen LogP contribution in [-0.2, 0) is 20.6 Å². The lowest BCUT2D eigenvalue weighted by molar-refractivity contribution is 0.635. The summed E-state index contributed by atoms with van der Waals surface area (Å²) in [5.41, 5.74) is 5.03. The van der Waals surface area contributed by atoms with E-state index in [1.807, 2.05) is 12.1 Å². The van der Waals surface area contributed by atoms with Gasteiger partial charge in [0.15, 0.2) is 11.2 Å². The summed E-state index contributed by atoms with van der Waals surface area (Å²) in [6, 6.07) is 8.15. The highest BCUT2D eigenvalue weighted by atomic mass is 16.2. The molecular weight excluding hydrogens is 344 g/mol. The fraction of sp³-hybridized carbons (Fsp3) is 0.368. The highest BCUT2D eigenvalue weighted by Gasteiger charge is 2.17. The molecule has 0 aliphatic rings. The Hall–Kier alpha value is -3.16. The van der Waals surface area contributed by atoms with Crippen LogP contribution < -0.4 is 16.7 Å². The summed E-state index contributed by atoms with van der Waals surface area (Å²) in [6.45, 7) is 6.37. The van der Waals surface area contributed by atoms with E-state index in [1.54, 1.807) is 31.8 Å². The Morgan fingerprint density at radius 1 is 1.15 bits per heavy atom. The van der Waals surface area contributed by atoms with E-state index in [1.165, 1.54) is 14.7 Å². The topological polar surface area (TPSA) is 86.2 Å². The zero-order chi connectivity index (χ0) is 19.7. The number of hydrogen-bond acceptors (Lipinski definition) is 5. The molecule has 0 atom stereocenters. The number of nitrogens with one attached hydrogen (secondary N) is 1. The van der Waals surface area contributed by atoms with Crippen LogP contribution in [0.2, 0.25) is 0 Å². The summed E-state index contributed by atoms with van der Waals surface area (Å²) in [7, 11) is 3.32. The van der Waals surface area contributed by atoms with Crippen molar-refractivity contribution in [2.75, 3.05) is 5.43 Å². The van der Waals surface area contributed by atoms with Crippen LogP contribution in [0.5, 0.6) is 0 Å². The molecule has 2 heterocycles. The van der Waals surface area contributed by atoms with Gasteiger partial charge >= 0.3 is 5.69 Å². The third-order valence-corrected chi connectivity index (χ3v) is 4.66. The maximum atomic E-state index is 12.6. The molecule has 3 rings (SSSR count). The second kappa shape index (κ2) is 7.22. The van der Waals surface area contributed by atoms with Gasteiger partial charge < -0.3 is 4.57 Å². The number of hydrogen-bond donors (Lipinski definition) is 1. The lowest BCUT2D eigenvalue weighted by Crippen LogP contribution is -2.39. The van der Waals surface area contributed by atoms with Gasteiger partial charge in [-0.25, -0.2) is 10.2 Å². The summed E-state index contributed by atoms with van der Waals surface area (Å²) >= 11 is 0. The minimum Gasteiger partial charge on any atom is -0.306 e. The first-order valence-corrected chi connectivity index (χ1v) is 8.90. The third-order valence-electron chi connectivity index (χ3n) is 4.66. The van der Waals surface area contributed by atoms with Crippen LogP contribution in [-0.4, -0.2) is 24.9 Å². The van der Waals surface area contributed by atoms with Crippen molar-refractivity contribution in [3.05, 3.63) is 56.2 Å². The monoisotopic (exact) mass is 368 g/mol. The van der Waals surface area contributed by atoms with Crippen LogP contribution in [0.4, 0.5) is 5.95 Å². The lowest BCUT2D eigenvalue weighted by atomic mass is 10.0. The molecule has 2 aromatic heterocycles. The van der Waals surface area contributed by atoms with Crippen LogP contribution in [0, 0.1) is 0 Å². The normalized spacial score (nSPS) is 11.8. The van der Waals surface area contributed by atoms with Crippen LogP contribution >= 0.6 is 0 Å². The summed E-state index contributed by atoms with van der Waals surface area (Å²) in [5, 5.41) is 4.21. The molecule has 0 aliphatic heterocycles. The first-order chi connectivity index (χ1) is 12.8. The SMILES string of the molecule is CCn1c(=O)c2c(nc(N/N=C/c3ccc(C(C)C)cc3)n2C)n(C)c1=O. The van der Waals surface area contributed by atoms with Gasteiger partial charge in [0.1, 0.15) is 0 Å². The number of rotatable bonds is 5. The zero-order valence-corrected chi connectivity index (χ0v) is 16.2. The van der Waals surface area contributed by atoms with Crippen molar-refractivity contribution in [1.29, 1.82) is 0 Å². The Bertz CT molecular complexity index is 1120. The van der Waals surface area contributed by atoms with E-state index < -0.39 is 0 Å². The molecule has 8 heteroatoms. The van der Waals surface area contributed by atoms with Crippen LogP contribution in [0.1, 0.15) is 37.8 Å². The zero-order valence-electron chi connectivity index (χ0n) is 16.2. The molecule has 0 fully saturated rings. The van der Waals surface area contributed by atoms with E-state index >= 15 is 0 Å². The van der Waals surface area contributed by atoms with E-state index in [4.69, 9.17) is 0 Å². The van der Waals surface area contributed by atoms with Gasteiger partial charge in [-0.1, -0.05) is 38.1 Å². The minimum absolute atomic E-state index is 0.305. The van der Waals surface area contributed by atoms with Crippen molar-refractivity contribution >= 4 is 23.3 Å². The van der Waals surface area contributed by atoms with Crippen molar-refractivity contribution in [1.82, 2.24) is 18.7 Å². The predicted octanol–water partition coefficient (Wildman–Crippen LogP) is 2.02. The Morgan fingerprint density at radius 3 is 2.41 bits per heavy atom. The van der Waals surface area contributed by atoms with Gasteiger partial charge in [-0.05, 0) is 24.0 Å². The minimum atomic E-state index is -0.381. The first kappa shape index (κ1) is 18.6. The fourth-order valence-corrected chi connectivity index (χ4v) is 2.95. The van der Waals surface area contributed by atoms with E-state index in [9.17, 15) is 9.59 Å². The Morgan fingerprint density at radius 2 is 1.81 bits per heavy atom. The smallest absolute Gasteiger partial charge is 0.306 e. The van der Waals surface area contributed by atoms with Gasteiger partial charge in [0.05, 0.1) is 6.21 Å². The first-order valence-electron chi connectivity index (χ1n) is 8.90. The molecule has 0 spiro atoms. The van der Waals surface area contributed by atoms with Gasteiger partial charge in [0.25, 0.3) is 5.56 Å². The Labute approximate surface area is 156 Å². The van der Waals surface area contributed by atoms with E-state index in [0.717, 1.165) is 5.56 Å². The maximum Gasteiger partial charge on any atom is 0.332 e. The lowest BCUT2D eigenvalue weighted by Gasteiger charge is -2.05. The third kappa shape index (κ3) is 3.30. The molecule has 0 radical (unpaired) electrons. The number of nitrogens with zero attached hydrogens (tertiary/aromatic N) is 5. The predicted molar refractivity (Wildman–Crippen MR) is 108 cm³/mol. The summed E-state index contributed by atoms with van der Waals surface area (Å²) in [6.07, 6.45) is 1.69. The van der Waals surface area contributed by atoms with E-state index in [-0.39, 0.29) is 11.2 Å². The van der Waals surface area contributed by atoms with Crippen LogP contribution in [0.15, 0.2) is 39.0 Å². The summed E-state index contributed by atoms with van der Waals surface area (Å²) in [5.74, 6) is 0.869. The van der Waals surface area contributed by atoms with E-state index in [0.29, 0.717) is 29.6 Å². The molecule has 0 unspecified atom stereocenters. The molecule has 1 aromatic carbocycles. The molecule has 3 aromatic rings. The molecule has 0 saturated carbocycles. The summed E-state index contributed by atoms with van der Waals surface area (Å²) < 4.78 is 4.18. The number of fused-ring (bicyclic) bond motifs is 1. The van der Waals surface area contributed by atoms with E-state index in [2.05, 4.69) is 41.5 Å². The van der Waals surface area contributed by atoms with Gasteiger partial charge in [0, 0.05) is 20.6 Å². The highest BCUT2D eigenvalue weighted by molar-refractivity contribution is 5.80. The maximum absolute atomic E-state index is 12.6. The molecule has 8 nitrogen and oxygen atoms in total. The van der Waals surface area contributed by atoms with Crippen LogP contribution in [0.25, 0.3) is 11.2 Å². The molecule has 1 N–H and O–H groups in total. The van der Waals surface area contributed by atoms with Gasteiger partial charge in [-0.2, -0.15) is 10.1 Å². The molecule has 0 aliphatic carbocycles. The number of hydrazone groups is 1. The van der Waals surface area contributed by atoms with Crippen molar-refractivity contribution in [2.24, 2.45) is 19.2 Å². The largest absolute Gasteiger partial charge is 0.332 e. The summed E-state index contributed by atoms with van der Waals surface area (Å²) in [4.78, 5) is 29.2. The number of anilines is 1. The second-order valence-electron chi connectivity index (χ2n) is 6.75. The Kier molecular flexibility index (Phi) is 4.98. The van der Waals surface area contributed by atoms with Gasteiger partial charge in [-0.15, -0.1) is 0 Å². The molecule has 27 heavy (non-hydrogen) atoms. The van der Waals surface area contributed by atoms with Crippen molar-refractivity contribution in [2.45, 2.75) is 33.2 Å². The van der Waals surface area contributed by atoms with Crippen molar-refractivity contribution in [3.8, 4) is 0 Å². The molecule has 142 valence electrons. The number of benzene rings is 1. The number of aryl methyl sites for hydroxylation is 2. The Balaban J connectivity index is 1.93. The van der Waals surface area contributed by atoms with Gasteiger partial charge in [-0.3, -0.25) is 13.9 Å². The average molecular weight is 368 g/mol. The fourth-order valence-electron chi connectivity index (χ4n) is 2.95. The second-order valence-corrected chi connectivity index (χ2v) is 6.75. The molecular formula is C19H24N6O2. The van der Waals surface area contributed by atoms with Crippen LogP contribution in [0.3, 0.4) is 0 Å². The quantitative estimate of drug-likeness (QED) is 0.551.